The van der Waals surface area contributed by atoms with Gasteiger partial charge in [-0.05, 0) is 27.2 Å². The third-order valence-corrected chi connectivity index (χ3v) is 3.97. The third kappa shape index (κ3) is 4.57. The molecule has 20 heavy (non-hydrogen) atoms. The van der Waals surface area contributed by atoms with E-state index in [2.05, 4.69) is 15.6 Å². The molecule has 3 N–H and O–H groups in total. The number of carboxylic acids is 1. The second-order valence-corrected chi connectivity index (χ2v) is 5.92. The van der Waals surface area contributed by atoms with Crippen molar-refractivity contribution in [2.24, 2.45) is 0 Å². The Morgan fingerprint density at radius 2 is 2.05 bits per heavy atom. The fraction of sp³-hybridized carbons (Fsp3) is 0.615. The van der Waals surface area contributed by atoms with Gasteiger partial charge in [-0.25, -0.2) is 4.98 Å². The number of amides is 1. The smallest absolute Gasteiger partial charge is 0.320 e. The molecule has 0 fully saturated rings. The van der Waals surface area contributed by atoms with Crippen LogP contribution >= 0.6 is 11.3 Å². The highest BCUT2D eigenvalue weighted by molar-refractivity contribution is 7.15. The number of carboxylic acid groups (broad SMARTS) is 1. The lowest BCUT2D eigenvalue weighted by Gasteiger charge is -2.18. The van der Waals surface area contributed by atoms with E-state index in [-0.39, 0.29) is 5.91 Å². The number of aryl methyl sites for hydroxylation is 2. The molecule has 0 aliphatic rings. The maximum Gasteiger partial charge on any atom is 0.320 e. The van der Waals surface area contributed by atoms with Crippen LogP contribution in [0.4, 0.5) is 5.13 Å². The Morgan fingerprint density at radius 1 is 1.40 bits per heavy atom. The molecule has 1 aromatic heterocycles. The average molecular weight is 299 g/mol. The summed E-state index contributed by atoms with van der Waals surface area (Å²) in [5.41, 5.74) is 0.889. The fourth-order valence-corrected chi connectivity index (χ4v) is 2.50. The van der Waals surface area contributed by atoms with Crippen LogP contribution in [-0.4, -0.2) is 34.1 Å². The van der Waals surface area contributed by atoms with Crippen molar-refractivity contribution in [3.05, 3.63) is 10.6 Å². The molecule has 0 bridgehead atoms. The summed E-state index contributed by atoms with van der Waals surface area (Å²) in [6, 6.07) is -1.30. The quantitative estimate of drug-likeness (QED) is 0.715. The Balaban J connectivity index is 2.60. The van der Waals surface area contributed by atoms with Crippen molar-refractivity contribution >= 4 is 28.3 Å². The monoisotopic (exact) mass is 299 g/mol. The van der Waals surface area contributed by atoms with Crippen LogP contribution in [0.15, 0.2) is 0 Å². The number of aliphatic carboxylic acids is 1. The summed E-state index contributed by atoms with van der Waals surface area (Å²) in [6.45, 7) is 7.37. The Bertz CT molecular complexity index is 468. The summed E-state index contributed by atoms with van der Waals surface area (Å²) >= 11 is 1.41. The van der Waals surface area contributed by atoms with Gasteiger partial charge < -0.3 is 10.4 Å². The van der Waals surface area contributed by atoms with Crippen LogP contribution < -0.4 is 10.6 Å². The Labute approximate surface area is 122 Å². The number of anilines is 1. The zero-order valence-electron chi connectivity index (χ0n) is 12.2. The minimum Gasteiger partial charge on any atom is -0.480 e. The van der Waals surface area contributed by atoms with E-state index in [1.165, 1.54) is 11.3 Å². The van der Waals surface area contributed by atoms with Crippen LogP contribution in [0.2, 0.25) is 0 Å². The maximum absolute atomic E-state index is 12.0. The highest BCUT2D eigenvalue weighted by atomic mass is 32.1. The number of rotatable bonds is 7. The molecule has 0 radical (unpaired) electrons. The molecule has 0 aliphatic carbocycles. The van der Waals surface area contributed by atoms with E-state index in [0.717, 1.165) is 17.0 Å². The molecular formula is C13H21N3O3S. The molecule has 2 unspecified atom stereocenters. The van der Waals surface area contributed by atoms with Gasteiger partial charge in [0.15, 0.2) is 5.13 Å². The summed E-state index contributed by atoms with van der Waals surface area (Å²) in [5, 5.41) is 15.1. The second kappa shape index (κ2) is 7.35. The molecule has 2 atom stereocenters. The van der Waals surface area contributed by atoms with Crippen LogP contribution in [0, 0.1) is 13.8 Å². The number of hydrogen-bond donors (Lipinski definition) is 3. The lowest BCUT2D eigenvalue weighted by molar-refractivity contribution is -0.140. The van der Waals surface area contributed by atoms with Crippen molar-refractivity contribution in [3.8, 4) is 0 Å². The predicted octanol–water partition coefficient (Wildman–Crippen LogP) is 1.93. The minimum atomic E-state index is -0.938. The summed E-state index contributed by atoms with van der Waals surface area (Å²) in [5.74, 6) is -1.21. The van der Waals surface area contributed by atoms with Gasteiger partial charge >= 0.3 is 5.97 Å². The van der Waals surface area contributed by atoms with E-state index < -0.39 is 18.1 Å². The normalized spacial score (nSPS) is 13.8. The maximum atomic E-state index is 12.0. The Hall–Kier alpha value is -1.47. The first-order valence-electron chi connectivity index (χ1n) is 6.58. The van der Waals surface area contributed by atoms with Crippen LogP contribution in [0.1, 0.15) is 37.3 Å². The second-order valence-electron chi connectivity index (χ2n) is 4.72. The molecule has 0 saturated carbocycles. The van der Waals surface area contributed by atoms with Gasteiger partial charge in [-0.3, -0.25) is 14.9 Å². The third-order valence-electron chi connectivity index (χ3n) is 2.98. The zero-order chi connectivity index (χ0) is 15.3. The van der Waals surface area contributed by atoms with Crippen molar-refractivity contribution in [1.82, 2.24) is 10.3 Å². The Morgan fingerprint density at radius 3 is 2.50 bits per heavy atom. The van der Waals surface area contributed by atoms with Crippen molar-refractivity contribution in [2.75, 3.05) is 5.32 Å². The van der Waals surface area contributed by atoms with Crippen molar-refractivity contribution in [3.63, 3.8) is 0 Å². The van der Waals surface area contributed by atoms with Gasteiger partial charge in [-0.15, -0.1) is 11.3 Å². The van der Waals surface area contributed by atoms with Gasteiger partial charge in [0.25, 0.3) is 0 Å². The number of thiazole rings is 1. The molecule has 6 nitrogen and oxygen atoms in total. The van der Waals surface area contributed by atoms with E-state index in [1.807, 2.05) is 20.8 Å². The standard InChI is InChI=1S/C13H21N3O3S/c1-5-6-10(12(18)19)14-8(3)11(17)16-13-15-7(2)9(4)20-13/h8,10,14H,5-6H2,1-4H3,(H,18,19)(H,15,16,17). The predicted molar refractivity (Wildman–Crippen MR) is 79.1 cm³/mol. The van der Waals surface area contributed by atoms with E-state index in [9.17, 15) is 9.59 Å². The topological polar surface area (TPSA) is 91.3 Å². The number of nitrogens with zero attached hydrogens (tertiary/aromatic N) is 1. The summed E-state index contributed by atoms with van der Waals surface area (Å²) in [7, 11) is 0. The molecule has 1 aromatic rings. The molecule has 112 valence electrons. The highest BCUT2D eigenvalue weighted by Crippen LogP contribution is 2.21. The highest BCUT2D eigenvalue weighted by Gasteiger charge is 2.22. The van der Waals surface area contributed by atoms with Gasteiger partial charge in [-0.1, -0.05) is 13.3 Å². The lowest BCUT2D eigenvalue weighted by Crippen LogP contribution is -2.47. The first kappa shape index (κ1) is 16.6. The molecule has 0 aromatic carbocycles. The summed E-state index contributed by atoms with van der Waals surface area (Å²) < 4.78 is 0. The Kier molecular flexibility index (Phi) is 6.09. The van der Waals surface area contributed by atoms with Crippen molar-refractivity contribution < 1.29 is 14.7 Å². The number of hydrogen-bond acceptors (Lipinski definition) is 5. The van der Waals surface area contributed by atoms with Gasteiger partial charge in [0.1, 0.15) is 6.04 Å². The molecule has 0 aliphatic heterocycles. The fourth-order valence-electron chi connectivity index (χ4n) is 1.68. The first-order chi connectivity index (χ1) is 9.35. The van der Waals surface area contributed by atoms with Gasteiger partial charge in [-0.2, -0.15) is 0 Å². The largest absolute Gasteiger partial charge is 0.480 e. The molecule has 1 rings (SSSR count). The first-order valence-corrected chi connectivity index (χ1v) is 7.40. The molecule has 1 amide bonds. The van der Waals surface area contributed by atoms with Gasteiger partial charge in [0.05, 0.1) is 11.7 Å². The molecule has 1 heterocycles. The van der Waals surface area contributed by atoms with Crippen LogP contribution in [-0.2, 0) is 9.59 Å². The SMILES string of the molecule is CCCC(NC(C)C(=O)Nc1nc(C)c(C)s1)C(=O)O. The van der Waals surface area contributed by atoms with Crippen LogP contribution in [0.25, 0.3) is 0 Å². The molecular weight excluding hydrogens is 278 g/mol. The number of carbonyl (C=O) groups excluding carboxylic acids is 1. The van der Waals surface area contributed by atoms with Gasteiger partial charge in [0, 0.05) is 4.88 Å². The number of nitrogens with one attached hydrogen (secondary N) is 2. The average Bonchev–Trinajstić information content (AvgIpc) is 2.67. The van der Waals surface area contributed by atoms with E-state index in [0.29, 0.717) is 11.6 Å². The van der Waals surface area contributed by atoms with E-state index >= 15 is 0 Å². The summed E-state index contributed by atoms with van der Waals surface area (Å²) in [4.78, 5) is 28.3. The van der Waals surface area contributed by atoms with E-state index in [4.69, 9.17) is 5.11 Å². The minimum absolute atomic E-state index is 0.277. The van der Waals surface area contributed by atoms with Crippen molar-refractivity contribution in [2.45, 2.75) is 52.6 Å². The van der Waals surface area contributed by atoms with Crippen LogP contribution in [0.5, 0.6) is 0 Å². The lowest BCUT2D eigenvalue weighted by atomic mass is 10.1. The number of carbonyl (C=O) groups is 2. The van der Waals surface area contributed by atoms with Crippen LogP contribution in [0.3, 0.4) is 0 Å². The van der Waals surface area contributed by atoms with E-state index in [1.54, 1.807) is 6.92 Å². The van der Waals surface area contributed by atoms with Gasteiger partial charge in [0.2, 0.25) is 5.91 Å². The van der Waals surface area contributed by atoms with Crippen molar-refractivity contribution in [1.29, 1.82) is 0 Å². The molecule has 0 spiro atoms. The molecule has 0 saturated heterocycles. The zero-order valence-corrected chi connectivity index (χ0v) is 13.0. The molecule has 7 heteroatoms. The number of aromatic nitrogens is 1. The summed E-state index contributed by atoms with van der Waals surface area (Å²) in [6.07, 6.45) is 1.23.